The van der Waals surface area contributed by atoms with E-state index in [1.807, 2.05) is 11.1 Å². The highest BCUT2D eigenvalue weighted by Crippen LogP contribution is 2.47. The molecule has 10 nitrogen and oxygen atoms in total. The van der Waals surface area contributed by atoms with Crippen LogP contribution in [0.5, 0.6) is 0 Å². The monoisotopic (exact) mass is 763 g/mol. The number of aliphatic hydroxyl groups is 1. The fourth-order valence-electron chi connectivity index (χ4n) is 13.0. The van der Waals surface area contributed by atoms with Crippen molar-refractivity contribution in [3.63, 3.8) is 0 Å². The van der Waals surface area contributed by atoms with Crippen LogP contribution >= 0.6 is 0 Å². The Bertz CT molecular complexity index is 1410. The highest BCUT2D eigenvalue weighted by molar-refractivity contribution is 6.10. The van der Waals surface area contributed by atoms with E-state index in [2.05, 4.69) is 22.0 Å². The molecule has 8 rings (SSSR count). The van der Waals surface area contributed by atoms with Crippen LogP contribution in [0.1, 0.15) is 142 Å². The van der Waals surface area contributed by atoms with Crippen molar-refractivity contribution in [2.24, 2.45) is 41.4 Å². The first-order valence-corrected chi connectivity index (χ1v) is 23.0. The van der Waals surface area contributed by atoms with Crippen molar-refractivity contribution >= 4 is 23.6 Å². The van der Waals surface area contributed by atoms with Crippen molar-refractivity contribution in [3.8, 4) is 0 Å². The van der Waals surface area contributed by atoms with Gasteiger partial charge in [-0.15, -0.1) is 0 Å². The number of hydrogen-bond acceptors (Lipinski definition) is 8. The van der Waals surface area contributed by atoms with Gasteiger partial charge < -0.3 is 14.7 Å². The molecule has 306 valence electrons. The average Bonchev–Trinajstić information content (AvgIpc) is 3.85. The quantitative estimate of drug-likeness (QED) is 0.141. The standard InChI is InChI=1S/C45H70N4O6/c1-2-37(29-8-4-3-5-9-29)42(30-10-15-35(50)16-11-30)31-12-17-36(18-13-31)55-23-7-6-22-47-25-32-27-48(28-33(32)26-47)34-14-19-38-39(24-34)45(54)49(44(38)53)40-20-21-41(51)46-43(40)52/h29-36,38-40,50H,2-28H2,1H3,(H,46,51,52)/b42-37-. The lowest BCUT2D eigenvalue weighted by atomic mass is 9.68. The largest absolute Gasteiger partial charge is 0.393 e. The minimum Gasteiger partial charge on any atom is -0.393 e. The number of likely N-dealkylation sites (tertiary alicyclic amines) is 3. The predicted molar refractivity (Wildman–Crippen MR) is 210 cm³/mol. The Morgan fingerprint density at radius 1 is 0.727 bits per heavy atom. The summed E-state index contributed by atoms with van der Waals surface area (Å²) in [7, 11) is 0. The number of piperidine rings is 1. The number of unbranched alkanes of at least 4 members (excludes halogenated alkanes) is 1. The molecular formula is C45H70N4O6. The summed E-state index contributed by atoms with van der Waals surface area (Å²) in [4.78, 5) is 57.4. The van der Waals surface area contributed by atoms with E-state index in [0.717, 1.165) is 76.8 Å². The molecule has 6 unspecified atom stereocenters. The topological polar surface area (TPSA) is 119 Å². The third kappa shape index (κ3) is 8.68. The van der Waals surface area contributed by atoms with E-state index >= 15 is 0 Å². The number of carbonyl (C=O) groups excluding carboxylic acids is 4. The van der Waals surface area contributed by atoms with E-state index < -0.39 is 11.9 Å². The van der Waals surface area contributed by atoms with Crippen LogP contribution in [-0.2, 0) is 23.9 Å². The number of carbonyl (C=O) groups is 4. The second-order valence-corrected chi connectivity index (χ2v) is 19.2. The lowest BCUT2D eigenvalue weighted by molar-refractivity contribution is -0.151. The molecule has 8 fully saturated rings. The van der Waals surface area contributed by atoms with Gasteiger partial charge in [0.2, 0.25) is 23.6 Å². The molecule has 4 heterocycles. The molecule has 8 aliphatic rings. The van der Waals surface area contributed by atoms with Gasteiger partial charge in [0, 0.05) is 45.2 Å². The molecule has 2 N–H and O–H groups in total. The summed E-state index contributed by atoms with van der Waals surface area (Å²) in [5, 5.41) is 12.6. The van der Waals surface area contributed by atoms with Crippen LogP contribution in [0.2, 0.25) is 0 Å². The van der Waals surface area contributed by atoms with Gasteiger partial charge in [0.05, 0.1) is 24.0 Å². The number of ether oxygens (including phenoxy) is 1. The van der Waals surface area contributed by atoms with Crippen molar-refractivity contribution in [2.75, 3.05) is 39.3 Å². The fraction of sp³-hybridized carbons (Fsp3) is 0.867. The second kappa shape index (κ2) is 17.8. The van der Waals surface area contributed by atoms with E-state index in [0.29, 0.717) is 42.7 Å². The minimum atomic E-state index is -0.838. The number of nitrogens with zero attached hydrogens (tertiary/aromatic N) is 3. The fourth-order valence-corrected chi connectivity index (χ4v) is 13.0. The van der Waals surface area contributed by atoms with Gasteiger partial charge in [-0.1, -0.05) is 37.3 Å². The number of allylic oxidation sites excluding steroid dienone is 2. The van der Waals surface area contributed by atoms with E-state index in [1.165, 1.54) is 88.4 Å². The van der Waals surface area contributed by atoms with Crippen molar-refractivity contribution in [1.29, 1.82) is 0 Å². The van der Waals surface area contributed by atoms with Crippen molar-refractivity contribution < 1.29 is 29.0 Å². The van der Waals surface area contributed by atoms with Crippen LogP contribution < -0.4 is 5.32 Å². The van der Waals surface area contributed by atoms with E-state index in [-0.39, 0.29) is 48.5 Å². The van der Waals surface area contributed by atoms with Gasteiger partial charge >= 0.3 is 0 Å². The summed E-state index contributed by atoms with van der Waals surface area (Å²) in [6.07, 6.45) is 22.9. The van der Waals surface area contributed by atoms with Crippen LogP contribution in [0.3, 0.4) is 0 Å². The molecule has 4 amide bonds. The summed E-state index contributed by atoms with van der Waals surface area (Å²) >= 11 is 0. The third-order valence-corrected chi connectivity index (χ3v) is 15.9. The summed E-state index contributed by atoms with van der Waals surface area (Å²) in [5.74, 6) is 1.68. The molecule has 0 spiro atoms. The van der Waals surface area contributed by atoms with Gasteiger partial charge in [-0.25, -0.2) is 0 Å². The predicted octanol–water partition coefficient (Wildman–Crippen LogP) is 6.00. The Morgan fingerprint density at radius 3 is 2.07 bits per heavy atom. The molecule has 6 atom stereocenters. The summed E-state index contributed by atoms with van der Waals surface area (Å²) in [5.41, 5.74) is 3.68. The Kier molecular flexibility index (Phi) is 12.8. The molecule has 0 aromatic rings. The first-order chi connectivity index (χ1) is 26.8. The van der Waals surface area contributed by atoms with Crippen LogP contribution in [0.15, 0.2) is 11.1 Å². The smallest absolute Gasteiger partial charge is 0.249 e. The van der Waals surface area contributed by atoms with E-state index in [1.54, 1.807) is 0 Å². The molecule has 10 heteroatoms. The Hall–Kier alpha value is -2.14. The van der Waals surface area contributed by atoms with Crippen LogP contribution in [-0.4, -0.2) is 107 Å². The molecule has 4 aliphatic carbocycles. The molecular weight excluding hydrogens is 693 g/mol. The normalized spacial score (nSPS) is 38.6. The Balaban J connectivity index is 0.739. The lowest BCUT2D eigenvalue weighted by Gasteiger charge is -2.39. The summed E-state index contributed by atoms with van der Waals surface area (Å²) in [6, 6.07) is -0.518. The molecule has 55 heavy (non-hydrogen) atoms. The van der Waals surface area contributed by atoms with Gasteiger partial charge in [-0.05, 0) is 145 Å². The van der Waals surface area contributed by atoms with Crippen LogP contribution in [0.25, 0.3) is 0 Å². The number of amides is 4. The summed E-state index contributed by atoms with van der Waals surface area (Å²) in [6.45, 7) is 8.90. The third-order valence-electron chi connectivity index (χ3n) is 15.9. The van der Waals surface area contributed by atoms with Crippen LogP contribution in [0.4, 0.5) is 0 Å². The average molecular weight is 763 g/mol. The van der Waals surface area contributed by atoms with E-state index in [9.17, 15) is 24.3 Å². The zero-order valence-corrected chi connectivity index (χ0v) is 33.8. The van der Waals surface area contributed by atoms with Gasteiger partial charge in [-0.2, -0.15) is 0 Å². The maximum atomic E-state index is 13.5. The van der Waals surface area contributed by atoms with Crippen molar-refractivity contribution in [1.82, 2.24) is 20.0 Å². The highest BCUT2D eigenvalue weighted by Gasteiger charge is 2.55. The Labute approximate surface area is 329 Å². The minimum absolute atomic E-state index is 0.0862. The number of nitrogens with one attached hydrogen (secondary N) is 1. The molecule has 0 aromatic heterocycles. The number of fused-ring (bicyclic) bond motifs is 2. The molecule has 4 saturated heterocycles. The zero-order valence-electron chi connectivity index (χ0n) is 33.8. The number of hydrogen-bond donors (Lipinski definition) is 2. The molecule has 4 aliphatic heterocycles. The number of imide groups is 2. The second-order valence-electron chi connectivity index (χ2n) is 19.2. The first-order valence-electron chi connectivity index (χ1n) is 23.0. The van der Waals surface area contributed by atoms with Gasteiger partial charge in [-0.3, -0.25) is 34.3 Å². The molecule has 0 radical (unpaired) electrons. The summed E-state index contributed by atoms with van der Waals surface area (Å²) < 4.78 is 6.53. The van der Waals surface area contributed by atoms with Crippen molar-refractivity contribution in [3.05, 3.63) is 11.1 Å². The van der Waals surface area contributed by atoms with E-state index in [4.69, 9.17) is 4.74 Å². The SMILES string of the molecule is CC/C(=C(\C1CCC(O)CC1)C1CCC(OCCCCN2CC3CN(C4CCC5C(=O)N(C6CCC(=O)NC6=O)C(=O)C5C4)CC3C2)CC1)C1CCCCC1. The first kappa shape index (κ1) is 39.7. The molecule has 0 bridgehead atoms. The lowest BCUT2D eigenvalue weighted by Crippen LogP contribution is -2.54. The Morgan fingerprint density at radius 2 is 1.40 bits per heavy atom. The van der Waals surface area contributed by atoms with Crippen molar-refractivity contribution in [2.45, 2.75) is 166 Å². The number of aliphatic hydroxyl groups excluding tert-OH is 1. The van der Waals surface area contributed by atoms with Gasteiger partial charge in [0.1, 0.15) is 6.04 Å². The van der Waals surface area contributed by atoms with Crippen LogP contribution in [0, 0.1) is 41.4 Å². The maximum Gasteiger partial charge on any atom is 0.249 e. The molecule has 0 aromatic carbocycles. The molecule has 4 saturated carbocycles. The van der Waals surface area contributed by atoms with Gasteiger partial charge in [0.25, 0.3) is 0 Å². The highest BCUT2D eigenvalue weighted by atomic mass is 16.5. The zero-order chi connectivity index (χ0) is 38.1. The maximum absolute atomic E-state index is 13.5. The number of rotatable bonds is 12. The van der Waals surface area contributed by atoms with Gasteiger partial charge in [0.15, 0.2) is 0 Å².